The van der Waals surface area contributed by atoms with Crippen molar-refractivity contribution in [3.8, 4) is 5.75 Å². The smallest absolute Gasteiger partial charge is 0.310 e. The number of carbonyl (C=O) groups excluding carboxylic acids is 2. The molecule has 130 valence electrons. The largest absolute Gasteiger partial charge is 0.474 e. The maximum atomic E-state index is 12.4. The van der Waals surface area contributed by atoms with E-state index < -0.39 is 11.0 Å². The van der Waals surface area contributed by atoms with E-state index >= 15 is 0 Å². The van der Waals surface area contributed by atoms with Gasteiger partial charge in [0.05, 0.1) is 4.92 Å². The Morgan fingerprint density at radius 2 is 2.00 bits per heavy atom. The molecule has 3 N–H and O–H groups in total. The lowest BCUT2D eigenvalue weighted by atomic mass is 9.96. The van der Waals surface area contributed by atoms with Crippen LogP contribution in [0.5, 0.6) is 5.75 Å². The number of carbonyl (C=O) groups is 2. The third-order valence-electron chi connectivity index (χ3n) is 4.03. The first kappa shape index (κ1) is 17.7. The van der Waals surface area contributed by atoms with Gasteiger partial charge in [0, 0.05) is 25.1 Å². The van der Waals surface area contributed by atoms with Crippen LogP contribution in [-0.4, -0.2) is 40.8 Å². The number of hydrogen-bond acceptors (Lipinski definition) is 6. The van der Waals surface area contributed by atoms with E-state index in [4.69, 9.17) is 10.6 Å². The van der Waals surface area contributed by atoms with Crippen LogP contribution in [0.4, 0.5) is 5.69 Å². The molecule has 1 heterocycles. The highest BCUT2D eigenvalue weighted by Crippen LogP contribution is 2.27. The van der Waals surface area contributed by atoms with Gasteiger partial charge < -0.3 is 9.64 Å². The van der Waals surface area contributed by atoms with Crippen molar-refractivity contribution in [2.24, 2.45) is 11.8 Å². The lowest BCUT2D eigenvalue weighted by molar-refractivity contribution is -0.386. The van der Waals surface area contributed by atoms with E-state index in [-0.39, 0.29) is 29.2 Å². The maximum absolute atomic E-state index is 12.4. The average molecular weight is 336 g/mol. The van der Waals surface area contributed by atoms with E-state index in [1.807, 2.05) is 0 Å². The number of piperidine rings is 1. The lowest BCUT2D eigenvalue weighted by Gasteiger charge is -2.32. The number of nitrogens with one attached hydrogen (secondary N) is 1. The summed E-state index contributed by atoms with van der Waals surface area (Å²) in [4.78, 5) is 36.0. The number of ether oxygens (including phenoxy) is 1. The molecule has 2 amide bonds. The van der Waals surface area contributed by atoms with Gasteiger partial charge in [0.2, 0.25) is 5.91 Å². The number of nitro benzene ring substituents is 1. The minimum Gasteiger partial charge on any atom is -0.474 e. The van der Waals surface area contributed by atoms with Gasteiger partial charge in [-0.25, -0.2) is 5.84 Å². The maximum Gasteiger partial charge on any atom is 0.310 e. The number of hydrogen-bond donors (Lipinski definition) is 2. The summed E-state index contributed by atoms with van der Waals surface area (Å²) in [5, 5.41) is 11.0. The van der Waals surface area contributed by atoms with Crippen LogP contribution in [0, 0.1) is 16.0 Å². The first-order chi connectivity index (χ1) is 11.4. The Hall–Kier alpha value is -2.68. The van der Waals surface area contributed by atoms with Crippen LogP contribution in [0.3, 0.4) is 0 Å². The van der Waals surface area contributed by atoms with Gasteiger partial charge in [-0.3, -0.25) is 25.1 Å². The normalized spacial score (nSPS) is 16.3. The molecule has 0 aliphatic carbocycles. The predicted octanol–water partition coefficient (Wildman–Crippen LogP) is 0.591. The summed E-state index contributed by atoms with van der Waals surface area (Å²) in [7, 11) is 0. The molecule has 0 saturated carbocycles. The highest BCUT2D eigenvalue weighted by atomic mass is 16.6. The molecule has 0 radical (unpaired) electrons. The van der Waals surface area contributed by atoms with Crippen LogP contribution in [0.25, 0.3) is 0 Å². The molecule has 0 bridgehead atoms. The summed E-state index contributed by atoms with van der Waals surface area (Å²) >= 11 is 0. The Bertz CT molecular complexity index is 628. The molecular formula is C15H20N4O5. The molecule has 1 aliphatic rings. The van der Waals surface area contributed by atoms with Gasteiger partial charge >= 0.3 is 5.69 Å². The monoisotopic (exact) mass is 336 g/mol. The first-order valence-electron chi connectivity index (χ1n) is 7.63. The second kappa shape index (κ2) is 7.73. The Kier molecular flexibility index (Phi) is 5.69. The minimum atomic E-state index is -0.856. The van der Waals surface area contributed by atoms with Gasteiger partial charge in [-0.2, -0.15) is 0 Å². The quantitative estimate of drug-likeness (QED) is 0.350. The number of likely N-dealkylation sites (tertiary alicyclic amines) is 1. The number of amides is 2. The summed E-state index contributed by atoms with van der Waals surface area (Å²) in [6, 6.07) is 5.92. The number of nitrogens with two attached hydrogens (primary N) is 1. The third kappa shape index (κ3) is 3.99. The van der Waals surface area contributed by atoms with Gasteiger partial charge in [-0.15, -0.1) is 0 Å². The zero-order valence-electron chi connectivity index (χ0n) is 13.3. The molecule has 1 atom stereocenters. The highest BCUT2D eigenvalue weighted by Gasteiger charge is 2.30. The van der Waals surface area contributed by atoms with Crippen molar-refractivity contribution in [3.05, 3.63) is 34.4 Å². The number of hydrazine groups is 1. The third-order valence-corrected chi connectivity index (χ3v) is 4.03. The highest BCUT2D eigenvalue weighted by molar-refractivity contribution is 5.82. The van der Waals surface area contributed by atoms with Crippen LogP contribution < -0.4 is 16.0 Å². The second-order valence-electron chi connectivity index (χ2n) is 5.59. The topological polar surface area (TPSA) is 128 Å². The lowest BCUT2D eigenvalue weighted by Crippen LogP contribution is -2.47. The SMILES string of the molecule is CC(Oc1ccccc1[N+](=O)[O-])C(=O)N1CCC(C(=O)NN)CC1. The van der Waals surface area contributed by atoms with Gasteiger partial charge in [-0.05, 0) is 25.8 Å². The van der Waals surface area contributed by atoms with Crippen LogP contribution in [0.2, 0.25) is 0 Å². The second-order valence-corrected chi connectivity index (χ2v) is 5.59. The number of nitro groups is 1. The minimum absolute atomic E-state index is 0.0562. The average Bonchev–Trinajstić information content (AvgIpc) is 2.60. The number of nitrogens with zero attached hydrogens (tertiary/aromatic N) is 2. The van der Waals surface area contributed by atoms with E-state index in [0.717, 1.165) is 0 Å². The van der Waals surface area contributed by atoms with E-state index in [1.54, 1.807) is 17.9 Å². The number of rotatable bonds is 5. The van der Waals surface area contributed by atoms with E-state index in [2.05, 4.69) is 5.43 Å². The first-order valence-corrected chi connectivity index (χ1v) is 7.63. The van der Waals surface area contributed by atoms with E-state index in [1.165, 1.54) is 18.2 Å². The van der Waals surface area contributed by atoms with Crippen molar-refractivity contribution < 1.29 is 19.2 Å². The number of para-hydroxylation sites is 2. The van der Waals surface area contributed by atoms with Gasteiger partial charge in [0.25, 0.3) is 5.91 Å². The van der Waals surface area contributed by atoms with E-state index in [0.29, 0.717) is 25.9 Å². The molecule has 1 fully saturated rings. The zero-order valence-corrected chi connectivity index (χ0v) is 13.3. The molecular weight excluding hydrogens is 316 g/mol. The van der Waals surface area contributed by atoms with Crippen LogP contribution in [-0.2, 0) is 9.59 Å². The number of benzene rings is 1. The predicted molar refractivity (Wildman–Crippen MR) is 84.8 cm³/mol. The van der Waals surface area contributed by atoms with Crippen molar-refractivity contribution in [1.29, 1.82) is 0 Å². The van der Waals surface area contributed by atoms with Crippen molar-refractivity contribution in [2.45, 2.75) is 25.9 Å². The molecule has 2 rings (SSSR count). The molecule has 9 heteroatoms. The summed E-state index contributed by atoms with van der Waals surface area (Å²) in [6.07, 6.45) is 0.186. The Labute approximate surface area is 138 Å². The van der Waals surface area contributed by atoms with Crippen LogP contribution in [0.15, 0.2) is 24.3 Å². The standard InChI is InChI=1S/C15H20N4O5/c1-10(24-13-5-3-2-4-12(13)19(22)23)15(21)18-8-6-11(7-9-18)14(20)17-16/h2-5,10-11H,6-9,16H2,1H3,(H,17,20). The van der Waals surface area contributed by atoms with Gasteiger partial charge in [0.1, 0.15) is 0 Å². The Morgan fingerprint density at radius 3 is 2.58 bits per heavy atom. The van der Waals surface area contributed by atoms with Gasteiger partial charge in [-0.1, -0.05) is 12.1 Å². The van der Waals surface area contributed by atoms with Crippen LogP contribution in [0.1, 0.15) is 19.8 Å². The van der Waals surface area contributed by atoms with Crippen molar-refractivity contribution in [1.82, 2.24) is 10.3 Å². The Balaban J connectivity index is 1.96. The van der Waals surface area contributed by atoms with Gasteiger partial charge in [0.15, 0.2) is 11.9 Å². The summed E-state index contributed by atoms with van der Waals surface area (Å²) in [6.45, 7) is 2.39. The summed E-state index contributed by atoms with van der Waals surface area (Å²) in [5.74, 6) is 4.47. The summed E-state index contributed by atoms with van der Waals surface area (Å²) in [5.41, 5.74) is 1.94. The van der Waals surface area contributed by atoms with Crippen molar-refractivity contribution >= 4 is 17.5 Å². The van der Waals surface area contributed by atoms with Crippen LogP contribution >= 0.6 is 0 Å². The van der Waals surface area contributed by atoms with Crippen molar-refractivity contribution in [3.63, 3.8) is 0 Å². The molecule has 1 aromatic rings. The molecule has 24 heavy (non-hydrogen) atoms. The zero-order chi connectivity index (χ0) is 17.7. The Morgan fingerprint density at radius 1 is 1.38 bits per heavy atom. The molecule has 9 nitrogen and oxygen atoms in total. The fraction of sp³-hybridized carbons (Fsp3) is 0.467. The fourth-order valence-corrected chi connectivity index (χ4v) is 2.69. The molecule has 1 unspecified atom stereocenters. The molecule has 1 saturated heterocycles. The molecule has 0 spiro atoms. The van der Waals surface area contributed by atoms with Crippen molar-refractivity contribution in [2.75, 3.05) is 13.1 Å². The van der Waals surface area contributed by atoms with E-state index in [9.17, 15) is 19.7 Å². The fourth-order valence-electron chi connectivity index (χ4n) is 2.69. The molecule has 1 aliphatic heterocycles. The molecule has 1 aromatic carbocycles. The molecule has 0 aromatic heterocycles. The summed E-state index contributed by atoms with van der Waals surface area (Å²) < 4.78 is 5.49.